The van der Waals surface area contributed by atoms with Gasteiger partial charge in [0.05, 0.1) is 5.56 Å². The zero-order valence-corrected chi connectivity index (χ0v) is 12.3. The number of amides is 1. The molecule has 0 bridgehead atoms. The van der Waals surface area contributed by atoms with Gasteiger partial charge in [-0.3, -0.25) is 9.69 Å². The van der Waals surface area contributed by atoms with Crippen molar-refractivity contribution in [2.75, 3.05) is 46.3 Å². The van der Waals surface area contributed by atoms with Crippen LogP contribution in [0.15, 0.2) is 18.2 Å². The second-order valence-corrected chi connectivity index (χ2v) is 5.46. The molecule has 0 aromatic heterocycles. The lowest BCUT2D eigenvalue weighted by molar-refractivity contribution is 0.0937. The summed E-state index contributed by atoms with van der Waals surface area (Å²) in [4.78, 5) is 16.4. The van der Waals surface area contributed by atoms with E-state index in [0.29, 0.717) is 11.6 Å². The highest BCUT2D eigenvalue weighted by Gasteiger charge is 2.15. The van der Waals surface area contributed by atoms with Crippen molar-refractivity contribution >= 4 is 17.5 Å². The smallest absolute Gasteiger partial charge is 0.254 e. The molecule has 0 unspecified atom stereocenters. The maximum absolute atomic E-state index is 13.5. The summed E-state index contributed by atoms with van der Waals surface area (Å²) in [5.41, 5.74) is -0.00382. The van der Waals surface area contributed by atoms with Crippen LogP contribution in [0.4, 0.5) is 4.39 Å². The fourth-order valence-corrected chi connectivity index (χ4v) is 2.34. The van der Waals surface area contributed by atoms with Gasteiger partial charge in [-0.15, -0.1) is 0 Å². The van der Waals surface area contributed by atoms with Gasteiger partial charge < -0.3 is 10.2 Å². The Kier molecular flexibility index (Phi) is 5.34. The molecule has 1 aliphatic rings. The van der Waals surface area contributed by atoms with Gasteiger partial charge in [-0.05, 0) is 25.2 Å². The van der Waals surface area contributed by atoms with Gasteiger partial charge in [0.2, 0.25) is 0 Å². The van der Waals surface area contributed by atoms with Crippen molar-refractivity contribution in [3.63, 3.8) is 0 Å². The first kappa shape index (κ1) is 15.2. The van der Waals surface area contributed by atoms with Crippen LogP contribution in [0.3, 0.4) is 0 Å². The van der Waals surface area contributed by atoms with Gasteiger partial charge in [-0.25, -0.2) is 4.39 Å². The number of hydrogen-bond acceptors (Lipinski definition) is 3. The van der Waals surface area contributed by atoms with Crippen molar-refractivity contribution in [1.29, 1.82) is 0 Å². The molecule has 20 heavy (non-hydrogen) atoms. The van der Waals surface area contributed by atoms with Crippen molar-refractivity contribution < 1.29 is 9.18 Å². The fraction of sp³-hybridized carbons (Fsp3) is 0.500. The third kappa shape index (κ3) is 4.16. The Balaban J connectivity index is 1.79. The van der Waals surface area contributed by atoms with Crippen LogP contribution in [0.1, 0.15) is 10.4 Å². The van der Waals surface area contributed by atoms with E-state index in [0.717, 1.165) is 32.7 Å². The number of nitrogens with zero attached hydrogens (tertiary/aromatic N) is 2. The zero-order chi connectivity index (χ0) is 14.5. The van der Waals surface area contributed by atoms with Crippen LogP contribution in [-0.4, -0.2) is 62.0 Å². The molecular weight excluding hydrogens is 281 g/mol. The highest BCUT2D eigenvalue weighted by atomic mass is 35.5. The van der Waals surface area contributed by atoms with Gasteiger partial charge in [-0.2, -0.15) is 0 Å². The van der Waals surface area contributed by atoms with Crippen LogP contribution in [0, 0.1) is 5.82 Å². The van der Waals surface area contributed by atoms with Gasteiger partial charge in [0.25, 0.3) is 5.91 Å². The number of nitrogens with one attached hydrogen (secondary N) is 1. The maximum Gasteiger partial charge on any atom is 0.254 e. The first-order valence-electron chi connectivity index (χ1n) is 6.70. The van der Waals surface area contributed by atoms with E-state index in [1.165, 1.54) is 18.2 Å². The molecule has 0 atom stereocenters. The summed E-state index contributed by atoms with van der Waals surface area (Å²) in [5.74, 6) is -0.967. The number of rotatable bonds is 4. The maximum atomic E-state index is 13.5. The summed E-state index contributed by atoms with van der Waals surface area (Å²) >= 11 is 5.77. The van der Waals surface area contributed by atoms with Gasteiger partial charge in [-0.1, -0.05) is 11.6 Å². The molecule has 0 radical (unpaired) electrons. The normalized spacial score (nSPS) is 17.1. The molecule has 1 amide bonds. The molecule has 0 aliphatic carbocycles. The average molecular weight is 300 g/mol. The quantitative estimate of drug-likeness (QED) is 0.914. The van der Waals surface area contributed by atoms with Crippen LogP contribution in [0.25, 0.3) is 0 Å². The highest BCUT2D eigenvalue weighted by Crippen LogP contribution is 2.14. The highest BCUT2D eigenvalue weighted by molar-refractivity contribution is 6.30. The zero-order valence-electron chi connectivity index (χ0n) is 11.5. The Hall–Kier alpha value is -1.17. The molecular formula is C14H19ClFN3O. The number of carbonyl (C=O) groups is 1. The molecule has 0 saturated carbocycles. The number of halogens is 2. The molecule has 1 N–H and O–H groups in total. The summed E-state index contributed by atoms with van der Waals surface area (Å²) in [5, 5.41) is 3.09. The third-order valence-electron chi connectivity index (χ3n) is 3.48. The van der Waals surface area contributed by atoms with E-state index in [4.69, 9.17) is 11.6 Å². The van der Waals surface area contributed by atoms with Crippen LogP contribution < -0.4 is 5.32 Å². The van der Waals surface area contributed by atoms with Crippen LogP contribution in [0.5, 0.6) is 0 Å². The van der Waals surface area contributed by atoms with E-state index in [1.807, 2.05) is 0 Å². The fourth-order valence-electron chi connectivity index (χ4n) is 2.17. The SMILES string of the molecule is CN1CCN(CCNC(=O)c2cc(Cl)ccc2F)CC1. The summed E-state index contributed by atoms with van der Waals surface area (Å²) in [6, 6.07) is 3.98. The first-order chi connectivity index (χ1) is 9.56. The Bertz CT molecular complexity index is 475. The molecule has 1 saturated heterocycles. The van der Waals surface area contributed by atoms with Gasteiger partial charge in [0.15, 0.2) is 0 Å². The molecule has 1 heterocycles. The van der Waals surface area contributed by atoms with Crippen LogP contribution in [-0.2, 0) is 0 Å². The predicted molar refractivity (Wildman–Crippen MR) is 77.7 cm³/mol. The lowest BCUT2D eigenvalue weighted by Gasteiger charge is -2.32. The van der Waals surface area contributed by atoms with Gasteiger partial charge in [0, 0.05) is 44.3 Å². The molecule has 110 valence electrons. The van der Waals surface area contributed by atoms with Crippen molar-refractivity contribution in [2.24, 2.45) is 0 Å². The Morgan fingerprint density at radius 1 is 1.35 bits per heavy atom. The largest absolute Gasteiger partial charge is 0.351 e. The molecule has 1 aromatic rings. The molecule has 1 fully saturated rings. The summed E-state index contributed by atoms with van der Waals surface area (Å²) in [7, 11) is 2.10. The minimum atomic E-state index is -0.550. The van der Waals surface area contributed by atoms with Crippen molar-refractivity contribution in [3.8, 4) is 0 Å². The van der Waals surface area contributed by atoms with E-state index in [2.05, 4.69) is 22.2 Å². The Labute approximate surface area is 123 Å². The van der Waals surface area contributed by atoms with E-state index < -0.39 is 11.7 Å². The summed E-state index contributed by atoms with van der Waals surface area (Å²) in [6.45, 7) is 5.36. The number of carbonyl (C=O) groups excluding carboxylic acids is 1. The minimum absolute atomic E-state index is 0.00382. The minimum Gasteiger partial charge on any atom is -0.351 e. The number of likely N-dealkylation sites (N-methyl/N-ethyl adjacent to an activating group) is 1. The van der Waals surface area contributed by atoms with Gasteiger partial charge in [0.1, 0.15) is 5.82 Å². The van der Waals surface area contributed by atoms with E-state index in [1.54, 1.807) is 0 Å². The topological polar surface area (TPSA) is 35.6 Å². The second kappa shape index (κ2) is 7.02. The van der Waals surface area contributed by atoms with Crippen LogP contribution in [0.2, 0.25) is 5.02 Å². The number of benzene rings is 1. The van der Waals surface area contributed by atoms with E-state index >= 15 is 0 Å². The second-order valence-electron chi connectivity index (χ2n) is 5.02. The van der Waals surface area contributed by atoms with Gasteiger partial charge >= 0.3 is 0 Å². The Morgan fingerprint density at radius 3 is 2.75 bits per heavy atom. The molecule has 1 aliphatic heterocycles. The lowest BCUT2D eigenvalue weighted by atomic mass is 10.2. The average Bonchev–Trinajstić information content (AvgIpc) is 2.43. The van der Waals surface area contributed by atoms with Crippen molar-refractivity contribution in [3.05, 3.63) is 34.6 Å². The summed E-state index contributed by atoms with van der Waals surface area (Å²) in [6.07, 6.45) is 0. The predicted octanol–water partition coefficient (Wildman–Crippen LogP) is 1.46. The third-order valence-corrected chi connectivity index (χ3v) is 3.72. The van der Waals surface area contributed by atoms with Crippen molar-refractivity contribution in [1.82, 2.24) is 15.1 Å². The molecule has 0 spiro atoms. The summed E-state index contributed by atoms with van der Waals surface area (Å²) < 4.78 is 13.5. The van der Waals surface area contributed by atoms with E-state index in [9.17, 15) is 9.18 Å². The monoisotopic (exact) mass is 299 g/mol. The van der Waals surface area contributed by atoms with Crippen molar-refractivity contribution in [2.45, 2.75) is 0 Å². The number of piperazine rings is 1. The molecule has 4 nitrogen and oxygen atoms in total. The Morgan fingerprint density at radius 2 is 2.05 bits per heavy atom. The first-order valence-corrected chi connectivity index (χ1v) is 7.08. The lowest BCUT2D eigenvalue weighted by Crippen LogP contribution is -2.46. The standard InChI is InChI=1S/C14H19ClFN3O/c1-18-6-8-19(9-7-18)5-4-17-14(20)12-10-11(15)2-3-13(12)16/h2-3,10H,4-9H2,1H3,(H,17,20). The number of hydrogen-bond donors (Lipinski definition) is 1. The van der Waals surface area contributed by atoms with E-state index in [-0.39, 0.29) is 5.56 Å². The molecule has 2 rings (SSSR count). The van der Waals surface area contributed by atoms with Crippen LogP contribution >= 0.6 is 11.6 Å². The molecule has 6 heteroatoms. The molecule has 1 aromatic carbocycles.